The maximum atomic E-state index is 5.81. The van der Waals surface area contributed by atoms with Crippen LogP contribution in [0.25, 0.3) is 0 Å². The van der Waals surface area contributed by atoms with E-state index in [0.717, 1.165) is 22.7 Å². The zero-order chi connectivity index (χ0) is 18.4. The highest BCUT2D eigenvalue weighted by Crippen LogP contribution is 2.22. The Morgan fingerprint density at radius 3 is 2.64 bits per heavy atom. The molecule has 0 aliphatic heterocycles. The Hall–Kier alpha value is -1.82. The lowest BCUT2D eigenvalue weighted by molar-refractivity contribution is 0.379. The first-order chi connectivity index (χ1) is 11.8. The highest BCUT2D eigenvalue weighted by atomic mass is 79.9. The van der Waals surface area contributed by atoms with E-state index in [0.29, 0.717) is 19.0 Å². The molecule has 5 nitrogen and oxygen atoms in total. The average Bonchev–Trinajstić information content (AvgIpc) is 3.00. The Labute approximate surface area is 158 Å². The van der Waals surface area contributed by atoms with Crippen LogP contribution in [0.4, 0.5) is 0 Å². The van der Waals surface area contributed by atoms with Gasteiger partial charge >= 0.3 is 0 Å². The standard InChI is InChI=1S/C19H27BrN4O/c1-6-21-18(23-10-14-7-8-15(20)9-13(14)2)24-12-17-22-11-16(25-17)19(3,4)5/h7-9,11H,6,10,12H2,1-5H3,(H2,21,23,24). The van der Waals surface area contributed by atoms with E-state index in [1.165, 1.54) is 11.1 Å². The molecule has 0 atom stereocenters. The van der Waals surface area contributed by atoms with Gasteiger partial charge in [0.25, 0.3) is 0 Å². The SMILES string of the molecule is CCNC(=NCc1ccc(Br)cc1C)NCc1ncc(C(C)(C)C)o1. The lowest BCUT2D eigenvalue weighted by Gasteiger charge is -2.13. The van der Waals surface area contributed by atoms with Crippen molar-refractivity contribution in [2.75, 3.05) is 6.54 Å². The van der Waals surface area contributed by atoms with Gasteiger partial charge < -0.3 is 15.1 Å². The van der Waals surface area contributed by atoms with Crippen LogP contribution in [0.15, 0.2) is 38.3 Å². The second-order valence-electron chi connectivity index (χ2n) is 6.99. The van der Waals surface area contributed by atoms with E-state index in [-0.39, 0.29) is 5.41 Å². The number of hydrogen-bond acceptors (Lipinski definition) is 3. The molecule has 0 aliphatic rings. The predicted octanol–water partition coefficient (Wildman–Crippen LogP) is 4.30. The van der Waals surface area contributed by atoms with E-state index in [4.69, 9.17) is 4.42 Å². The number of benzene rings is 1. The number of aryl methyl sites for hydroxylation is 1. The minimum absolute atomic E-state index is 0.0387. The molecule has 1 aromatic heterocycles. The van der Waals surface area contributed by atoms with Crippen LogP contribution in [0, 0.1) is 6.92 Å². The summed E-state index contributed by atoms with van der Waals surface area (Å²) in [4.78, 5) is 8.99. The maximum absolute atomic E-state index is 5.81. The van der Waals surface area contributed by atoms with Crippen molar-refractivity contribution in [2.24, 2.45) is 4.99 Å². The smallest absolute Gasteiger partial charge is 0.213 e. The van der Waals surface area contributed by atoms with E-state index < -0.39 is 0 Å². The van der Waals surface area contributed by atoms with Gasteiger partial charge in [-0.1, -0.05) is 42.8 Å². The molecule has 2 aromatic rings. The number of oxazole rings is 1. The first-order valence-corrected chi connectivity index (χ1v) is 9.31. The first kappa shape index (κ1) is 19.5. The molecule has 136 valence electrons. The van der Waals surface area contributed by atoms with Crippen molar-refractivity contribution in [1.82, 2.24) is 15.6 Å². The molecular weight excluding hydrogens is 380 g/mol. The number of rotatable bonds is 5. The molecule has 0 radical (unpaired) electrons. The van der Waals surface area contributed by atoms with Crippen molar-refractivity contribution < 1.29 is 4.42 Å². The zero-order valence-electron chi connectivity index (χ0n) is 15.6. The summed E-state index contributed by atoms with van der Waals surface area (Å²) in [6.07, 6.45) is 1.80. The van der Waals surface area contributed by atoms with Gasteiger partial charge in [-0.25, -0.2) is 9.98 Å². The van der Waals surface area contributed by atoms with Crippen molar-refractivity contribution in [2.45, 2.75) is 53.1 Å². The third-order valence-corrected chi connectivity index (χ3v) is 4.25. The van der Waals surface area contributed by atoms with E-state index >= 15 is 0 Å². The first-order valence-electron chi connectivity index (χ1n) is 8.52. The number of aliphatic imine (C=N–C) groups is 1. The quantitative estimate of drug-likeness (QED) is 0.573. The summed E-state index contributed by atoms with van der Waals surface area (Å²) >= 11 is 3.49. The second kappa shape index (κ2) is 8.52. The van der Waals surface area contributed by atoms with Crippen LogP contribution >= 0.6 is 15.9 Å². The fraction of sp³-hybridized carbons (Fsp3) is 0.474. The van der Waals surface area contributed by atoms with Gasteiger partial charge in [0.15, 0.2) is 5.96 Å². The molecule has 0 aliphatic carbocycles. The van der Waals surface area contributed by atoms with Gasteiger partial charge in [-0.2, -0.15) is 0 Å². The maximum Gasteiger partial charge on any atom is 0.213 e. The minimum Gasteiger partial charge on any atom is -0.443 e. The molecule has 0 saturated carbocycles. The highest BCUT2D eigenvalue weighted by Gasteiger charge is 2.19. The van der Waals surface area contributed by atoms with Crippen molar-refractivity contribution >= 4 is 21.9 Å². The Kier molecular flexibility index (Phi) is 6.64. The number of nitrogens with one attached hydrogen (secondary N) is 2. The van der Waals surface area contributed by atoms with Crippen LogP contribution < -0.4 is 10.6 Å². The zero-order valence-corrected chi connectivity index (χ0v) is 17.2. The molecule has 6 heteroatoms. The highest BCUT2D eigenvalue weighted by molar-refractivity contribution is 9.10. The Morgan fingerprint density at radius 1 is 1.28 bits per heavy atom. The molecule has 0 fully saturated rings. The number of halogens is 1. The van der Waals surface area contributed by atoms with Gasteiger partial charge in [0.1, 0.15) is 5.76 Å². The number of nitrogens with zero attached hydrogens (tertiary/aromatic N) is 2. The Bertz CT molecular complexity index is 731. The molecule has 2 N–H and O–H groups in total. The number of guanidine groups is 1. The van der Waals surface area contributed by atoms with Crippen LogP contribution in [0.3, 0.4) is 0 Å². The Morgan fingerprint density at radius 2 is 2.04 bits per heavy atom. The van der Waals surface area contributed by atoms with Gasteiger partial charge in [0, 0.05) is 16.4 Å². The van der Waals surface area contributed by atoms with E-state index in [9.17, 15) is 0 Å². The second-order valence-corrected chi connectivity index (χ2v) is 7.90. The van der Waals surface area contributed by atoms with Gasteiger partial charge in [-0.3, -0.25) is 0 Å². The van der Waals surface area contributed by atoms with Crippen LogP contribution in [-0.2, 0) is 18.5 Å². The molecule has 0 saturated heterocycles. The summed E-state index contributed by atoms with van der Waals surface area (Å²) in [6, 6.07) is 6.24. The lowest BCUT2D eigenvalue weighted by atomic mass is 9.94. The summed E-state index contributed by atoms with van der Waals surface area (Å²) in [7, 11) is 0. The molecule has 0 spiro atoms. The third-order valence-electron chi connectivity index (χ3n) is 3.76. The van der Waals surface area contributed by atoms with Gasteiger partial charge in [-0.05, 0) is 37.1 Å². The molecule has 1 aromatic carbocycles. The summed E-state index contributed by atoms with van der Waals surface area (Å²) in [5.74, 6) is 2.30. The monoisotopic (exact) mass is 406 g/mol. The minimum atomic E-state index is -0.0387. The van der Waals surface area contributed by atoms with Crippen LogP contribution in [0.5, 0.6) is 0 Å². The number of hydrogen-bond donors (Lipinski definition) is 2. The van der Waals surface area contributed by atoms with Gasteiger partial charge in [-0.15, -0.1) is 0 Å². The van der Waals surface area contributed by atoms with Gasteiger partial charge in [0.2, 0.25) is 5.89 Å². The molecule has 0 bridgehead atoms. The van der Waals surface area contributed by atoms with Crippen LogP contribution in [-0.4, -0.2) is 17.5 Å². The lowest BCUT2D eigenvalue weighted by Crippen LogP contribution is -2.36. The summed E-state index contributed by atoms with van der Waals surface area (Å²) in [6.45, 7) is 12.4. The molecule has 25 heavy (non-hydrogen) atoms. The molecular formula is C19H27BrN4O. The molecule has 1 heterocycles. The van der Waals surface area contributed by atoms with Gasteiger partial charge in [0.05, 0.1) is 19.3 Å². The van der Waals surface area contributed by atoms with Crippen LogP contribution in [0.2, 0.25) is 0 Å². The summed E-state index contributed by atoms with van der Waals surface area (Å²) in [5, 5.41) is 6.53. The molecule has 2 rings (SSSR count). The number of aromatic nitrogens is 1. The summed E-state index contributed by atoms with van der Waals surface area (Å²) < 4.78 is 6.89. The summed E-state index contributed by atoms with van der Waals surface area (Å²) in [5.41, 5.74) is 2.38. The van der Waals surface area contributed by atoms with Crippen molar-refractivity contribution in [3.63, 3.8) is 0 Å². The Balaban J connectivity index is 2.01. The van der Waals surface area contributed by atoms with Crippen molar-refractivity contribution in [1.29, 1.82) is 0 Å². The topological polar surface area (TPSA) is 62.5 Å². The molecule has 0 unspecified atom stereocenters. The van der Waals surface area contributed by atoms with E-state index in [1.54, 1.807) is 6.20 Å². The van der Waals surface area contributed by atoms with E-state index in [1.807, 2.05) is 13.0 Å². The predicted molar refractivity (Wildman–Crippen MR) is 106 cm³/mol. The molecule has 0 amide bonds. The van der Waals surface area contributed by atoms with Crippen LogP contribution in [0.1, 0.15) is 50.5 Å². The normalized spacial score (nSPS) is 12.3. The third kappa shape index (κ3) is 5.88. The fourth-order valence-electron chi connectivity index (χ4n) is 2.24. The average molecular weight is 407 g/mol. The largest absolute Gasteiger partial charge is 0.443 e. The van der Waals surface area contributed by atoms with Crippen molar-refractivity contribution in [3.05, 3.63) is 51.6 Å². The van der Waals surface area contributed by atoms with E-state index in [2.05, 4.69) is 76.4 Å². The fourth-order valence-corrected chi connectivity index (χ4v) is 2.72. The van der Waals surface area contributed by atoms with Crippen molar-refractivity contribution in [3.8, 4) is 0 Å².